The molecule has 1 N–H and O–H groups in total. The van der Waals surface area contributed by atoms with Gasteiger partial charge in [-0.15, -0.1) is 0 Å². The highest BCUT2D eigenvalue weighted by Crippen LogP contribution is 2.79. The van der Waals surface area contributed by atoms with Crippen LogP contribution in [-0.2, 0) is 9.59 Å². The molecule has 3 aliphatic rings. The van der Waals surface area contributed by atoms with Crippen LogP contribution >= 0.6 is 15.9 Å². The molecule has 2 amide bonds. The molecule has 2 fully saturated rings. The number of benzene rings is 2. The van der Waals surface area contributed by atoms with E-state index in [2.05, 4.69) is 15.9 Å². The zero-order valence-electron chi connectivity index (χ0n) is 17.2. The zero-order chi connectivity index (χ0) is 21.5. The van der Waals surface area contributed by atoms with Crippen molar-refractivity contribution in [2.24, 2.45) is 16.7 Å². The highest BCUT2D eigenvalue weighted by atomic mass is 79.9. The summed E-state index contributed by atoms with van der Waals surface area (Å²) in [4.78, 5) is 28.4. The number of imide groups is 1. The second-order valence-corrected chi connectivity index (χ2v) is 10.2. The van der Waals surface area contributed by atoms with Crippen LogP contribution in [0.5, 0.6) is 0 Å². The predicted molar refractivity (Wildman–Crippen MR) is 119 cm³/mol. The normalized spacial score (nSPS) is 37.3. The Labute approximate surface area is 184 Å². The van der Waals surface area contributed by atoms with Gasteiger partial charge in [0.05, 0.1) is 12.0 Å². The summed E-state index contributed by atoms with van der Waals surface area (Å²) in [5.74, 6) is -1.11. The van der Waals surface area contributed by atoms with Crippen LogP contribution in [0.3, 0.4) is 0 Å². The topological polar surface area (TPSA) is 57.6 Å². The smallest absolute Gasteiger partial charge is 0.247 e. The Morgan fingerprint density at radius 3 is 1.93 bits per heavy atom. The number of carbonyl (C=O) groups excluding carboxylic acids is 2. The van der Waals surface area contributed by atoms with Gasteiger partial charge < -0.3 is 5.11 Å². The van der Waals surface area contributed by atoms with E-state index in [1.165, 1.54) is 4.90 Å². The van der Waals surface area contributed by atoms with Crippen molar-refractivity contribution >= 4 is 38.9 Å². The van der Waals surface area contributed by atoms with Gasteiger partial charge in [0.1, 0.15) is 4.32 Å². The molecule has 1 heterocycles. The minimum atomic E-state index is -1.18. The molecule has 1 saturated carbocycles. The minimum Gasteiger partial charge on any atom is -0.391 e. The molecule has 1 aliphatic heterocycles. The van der Waals surface area contributed by atoms with Gasteiger partial charge in [-0.1, -0.05) is 90.4 Å². The fourth-order valence-corrected chi connectivity index (χ4v) is 7.73. The van der Waals surface area contributed by atoms with Crippen molar-refractivity contribution in [3.05, 3.63) is 71.8 Å². The van der Waals surface area contributed by atoms with E-state index in [1.807, 2.05) is 81.4 Å². The molecule has 2 aliphatic carbocycles. The van der Waals surface area contributed by atoms with E-state index in [4.69, 9.17) is 0 Å². The molecule has 154 valence electrons. The van der Waals surface area contributed by atoms with Crippen molar-refractivity contribution in [2.45, 2.75) is 31.2 Å². The Morgan fingerprint density at radius 1 is 0.933 bits per heavy atom. The number of amides is 2. The standard InChI is InChI=1S/C25H24BrNO3/c1-4-27-20(28)19-23(2)17(15-11-7-5-8-12-15)18(16-13-9-6-10-14-16)24(3,21(23)29)25(19,26)22(27)30/h5-14,19,21,29H,4H2,1-3H3. The van der Waals surface area contributed by atoms with Crippen molar-refractivity contribution in [2.75, 3.05) is 6.54 Å². The molecule has 4 nitrogen and oxygen atoms in total. The third-order valence-electron chi connectivity index (χ3n) is 7.69. The minimum absolute atomic E-state index is 0.204. The number of rotatable bonds is 3. The Hall–Kier alpha value is -2.24. The van der Waals surface area contributed by atoms with Crippen LogP contribution in [0, 0.1) is 16.7 Å². The molecule has 5 rings (SSSR count). The van der Waals surface area contributed by atoms with E-state index in [0.29, 0.717) is 6.54 Å². The lowest BCUT2D eigenvalue weighted by atomic mass is 9.63. The number of carbonyl (C=O) groups is 2. The number of likely N-dealkylation sites (tertiary alicyclic amines) is 1. The maximum absolute atomic E-state index is 13.6. The molecule has 30 heavy (non-hydrogen) atoms. The average molecular weight is 466 g/mol. The van der Waals surface area contributed by atoms with E-state index in [1.54, 1.807) is 0 Å². The van der Waals surface area contributed by atoms with Crippen molar-refractivity contribution in [1.82, 2.24) is 4.90 Å². The van der Waals surface area contributed by atoms with Gasteiger partial charge in [0.2, 0.25) is 11.8 Å². The second kappa shape index (κ2) is 6.14. The van der Waals surface area contributed by atoms with Gasteiger partial charge in [0.15, 0.2) is 0 Å². The van der Waals surface area contributed by atoms with Crippen LogP contribution in [-0.4, -0.2) is 38.8 Å². The summed E-state index contributed by atoms with van der Waals surface area (Å²) < 4.78 is -1.18. The summed E-state index contributed by atoms with van der Waals surface area (Å²) in [7, 11) is 0. The van der Waals surface area contributed by atoms with Crippen LogP contribution < -0.4 is 0 Å². The lowest BCUT2D eigenvalue weighted by Gasteiger charge is -2.42. The number of nitrogens with zero attached hydrogens (tertiary/aromatic N) is 1. The molecular weight excluding hydrogens is 442 g/mol. The lowest BCUT2D eigenvalue weighted by Crippen LogP contribution is -2.51. The predicted octanol–water partition coefficient (Wildman–Crippen LogP) is 4.14. The molecule has 0 aromatic heterocycles. The summed E-state index contributed by atoms with van der Waals surface area (Å²) in [5.41, 5.74) is 1.98. The number of aliphatic hydroxyl groups excluding tert-OH is 1. The first kappa shape index (κ1) is 19.7. The van der Waals surface area contributed by atoms with Gasteiger partial charge in [-0.3, -0.25) is 14.5 Å². The maximum atomic E-state index is 13.6. The van der Waals surface area contributed by atoms with E-state index >= 15 is 0 Å². The van der Waals surface area contributed by atoms with Crippen molar-refractivity contribution < 1.29 is 14.7 Å². The lowest BCUT2D eigenvalue weighted by molar-refractivity contribution is -0.142. The van der Waals surface area contributed by atoms with E-state index in [0.717, 1.165) is 22.3 Å². The van der Waals surface area contributed by atoms with Gasteiger partial charge in [-0.05, 0) is 29.2 Å². The summed E-state index contributed by atoms with van der Waals surface area (Å²) in [5, 5.41) is 11.8. The van der Waals surface area contributed by atoms with Crippen molar-refractivity contribution in [3.8, 4) is 0 Å². The van der Waals surface area contributed by atoms with Gasteiger partial charge in [-0.25, -0.2) is 0 Å². The Balaban J connectivity index is 1.91. The molecule has 5 unspecified atom stereocenters. The fourth-order valence-electron chi connectivity index (χ4n) is 6.43. The molecule has 2 aromatic rings. The van der Waals surface area contributed by atoms with Crippen LogP contribution in [0.25, 0.3) is 11.1 Å². The molecule has 1 saturated heterocycles. The number of fused-ring (bicyclic) bond motifs is 5. The summed E-state index contributed by atoms with van der Waals surface area (Å²) in [6, 6.07) is 19.9. The Bertz CT molecular complexity index is 1100. The molecule has 2 aromatic carbocycles. The highest BCUT2D eigenvalue weighted by molar-refractivity contribution is 9.10. The van der Waals surface area contributed by atoms with Gasteiger partial charge >= 0.3 is 0 Å². The number of hydrogen-bond donors (Lipinski definition) is 1. The second-order valence-electron chi connectivity index (χ2n) is 8.90. The van der Waals surface area contributed by atoms with Crippen LogP contribution in [0.15, 0.2) is 60.7 Å². The van der Waals surface area contributed by atoms with Crippen molar-refractivity contribution in [3.63, 3.8) is 0 Å². The average Bonchev–Trinajstić information content (AvgIpc) is 3.14. The number of aliphatic hydroxyl groups is 1. The van der Waals surface area contributed by atoms with Gasteiger partial charge in [0.25, 0.3) is 0 Å². The highest BCUT2D eigenvalue weighted by Gasteiger charge is 2.84. The van der Waals surface area contributed by atoms with Crippen LogP contribution in [0.4, 0.5) is 0 Å². The summed E-state index contributed by atoms with van der Waals surface area (Å²) >= 11 is 3.78. The largest absolute Gasteiger partial charge is 0.391 e. The Kier molecular flexibility index (Phi) is 4.04. The first-order valence-corrected chi connectivity index (χ1v) is 11.1. The third-order valence-corrected chi connectivity index (χ3v) is 9.31. The number of alkyl halides is 1. The zero-order valence-corrected chi connectivity index (χ0v) is 18.8. The van der Waals surface area contributed by atoms with E-state index in [-0.39, 0.29) is 11.8 Å². The first-order chi connectivity index (χ1) is 14.3. The van der Waals surface area contributed by atoms with Gasteiger partial charge in [-0.2, -0.15) is 0 Å². The molecule has 0 radical (unpaired) electrons. The maximum Gasteiger partial charge on any atom is 0.247 e. The molecule has 5 atom stereocenters. The van der Waals surface area contributed by atoms with E-state index in [9.17, 15) is 14.7 Å². The fraction of sp³-hybridized carbons (Fsp3) is 0.360. The van der Waals surface area contributed by atoms with Crippen LogP contribution in [0.2, 0.25) is 0 Å². The van der Waals surface area contributed by atoms with Crippen molar-refractivity contribution in [1.29, 1.82) is 0 Å². The quantitative estimate of drug-likeness (QED) is 0.547. The van der Waals surface area contributed by atoms with Gasteiger partial charge in [0, 0.05) is 17.4 Å². The molecule has 2 bridgehead atoms. The van der Waals surface area contributed by atoms with E-state index < -0.39 is 27.2 Å². The number of halogens is 1. The SMILES string of the molecule is CCN1C(=O)C2C3(C)C(c4ccccc4)=C(c4ccccc4)C(C)(C3O)C2(Br)C1=O. The first-order valence-electron chi connectivity index (χ1n) is 10.3. The van der Waals surface area contributed by atoms with Crippen LogP contribution in [0.1, 0.15) is 31.9 Å². The molecular formula is C25H24BrNO3. The summed E-state index contributed by atoms with van der Waals surface area (Å²) in [6.45, 7) is 6.03. The Morgan fingerprint density at radius 2 is 1.43 bits per heavy atom. The molecule has 0 spiro atoms. The molecule has 5 heteroatoms. The monoisotopic (exact) mass is 465 g/mol. The number of hydrogen-bond acceptors (Lipinski definition) is 3. The summed E-state index contributed by atoms with van der Waals surface area (Å²) in [6.07, 6.45) is -0.883. The third kappa shape index (κ3) is 1.92.